The van der Waals surface area contributed by atoms with E-state index in [2.05, 4.69) is 32.0 Å². The molecule has 0 saturated heterocycles. The third-order valence-corrected chi connectivity index (χ3v) is 4.56. The van der Waals surface area contributed by atoms with Gasteiger partial charge in [0.25, 0.3) is 0 Å². The molecule has 2 heteroatoms. The summed E-state index contributed by atoms with van der Waals surface area (Å²) in [5.74, 6) is 0. The van der Waals surface area contributed by atoms with Gasteiger partial charge in [0.05, 0.1) is 0 Å². The lowest BCUT2D eigenvalue weighted by atomic mass is 9.90. The Morgan fingerprint density at radius 3 is 2.67 bits per heavy atom. The van der Waals surface area contributed by atoms with Crippen LogP contribution in [-0.2, 0) is 12.0 Å². The molecule has 2 rings (SSSR count). The zero-order valence-electron chi connectivity index (χ0n) is 11.2. The molecule has 1 atom stereocenters. The molecule has 0 radical (unpaired) electrons. The lowest BCUT2D eigenvalue weighted by Gasteiger charge is -2.24. The van der Waals surface area contributed by atoms with Gasteiger partial charge in [-0.3, -0.25) is 0 Å². The quantitative estimate of drug-likeness (QED) is 0.870. The molecule has 2 aromatic rings. The predicted molar refractivity (Wildman–Crippen MR) is 78.2 cm³/mol. The number of aryl methyl sites for hydroxylation is 2. The Labute approximate surface area is 113 Å². The van der Waals surface area contributed by atoms with E-state index in [-0.39, 0.29) is 0 Å². The van der Waals surface area contributed by atoms with E-state index in [0.29, 0.717) is 0 Å². The van der Waals surface area contributed by atoms with Crippen LogP contribution in [0, 0.1) is 6.92 Å². The highest BCUT2D eigenvalue weighted by Gasteiger charge is 2.28. The van der Waals surface area contributed by atoms with E-state index in [1.807, 2.05) is 24.4 Å². The molecule has 1 unspecified atom stereocenters. The molecule has 1 aromatic carbocycles. The van der Waals surface area contributed by atoms with Crippen LogP contribution in [0.25, 0.3) is 0 Å². The molecule has 0 aliphatic carbocycles. The molecule has 1 heterocycles. The monoisotopic (exact) mass is 260 g/mol. The van der Waals surface area contributed by atoms with Crippen molar-refractivity contribution in [1.29, 1.82) is 0 Å². The van der Waals surface area contributed by atoms with Gasteiger partial charge >= 0.3 is 0 Å². The molecule has 0 aliphatic heterocycles. The molecule has 1 nitrogen and oxygen atoms in total. The number of aliphatic hydroxyl groups is 1. The average molecular weight is 260 g/mol. The van der Waals surface area contributed by atoms with Crippen LogP contribution >= 0.6 is 11.3 Å². The van der Waals surface area contributed by atoms with E-state index < -0.39 is 5.60 Å². The van der Waals surface area contributed by atoms with Crippen molar-refractivity contribution in [1.82, 2.24) is 0 Å². The first-order valence-electron chi connectivity index (χ1n) is 6.42. The van der Waals surface area contributed by atoms with Gasteiger partial charge in [-0.15, -0.1) is 11.3 Å². The van der Waals surface area contributed by atoms with Crippen molar-refractivity contribution in [2.75, 3.05) is 0 Å². The zero-order chi connectivity index (χ0) is 13.2. The molecule has 0 saturated carbocycles. The van der Waals surface area contributed by atoms with Crippen LogP contribution in [0.4, 0.5) is 0 Å². The average Bonchev–Trinajstić information content (AvgIpc) is 2.77. The van der Waals surface area contributed by atoms with Crippen LogP contribution < -0.4 is 0 Å². The van der Waals surface area contributed by atoms with Gasteiger partial charge in [0.15, 0.2) is 0 Å². The summed E-state index contributed by atoms with van der Waals surface area (Å²) < 4.78 is 0. The maximum Gasteiger partial charge on any atom is 0.121 e. The van der Waals surface area contributed by atoms with Crippen molar-refractivity contribution in [3.05, 3.63) is 57.3 Å². The van der Waals surface area contributed by atoms with Crippen LogP contribution in [0.3, 0.4) is 0 Å². The molecule has 96 valence electrons. The molecule has 1 aromatic heterocycles. The highest BCUT2D eigenvalue weighted by Crippen LogP contribution is 2.35. The summed E-state index contributed by atoms with van der Waals surface area (Å²) in [6.07, 6.45) is 2.19. The molecule has 0 aliphatic rings. The largest absolute Gasteiger partial charge is 0.380 e. The topological polar surface area (TPSA) is 20.2 Å². The molecule has 0 amide bonds. The maximum absolute atomic E-state index is 10.8. The second-order valence-corrected chi connectivity index (χ2v) is 5.87. The van der Waals surface area contributed by atoms with Gasteiger partial charge < -0.3 is 5.11 Å². The van der Waals surface area contributed by atoms with Crippen LogP contribution in [-0.4, -0.2) is 5.11 Å². The summed E-state index contributed by atoms with van der Waals surface area (Å²) in [7, 11) is 0. The second-order valence-electron chi connectivity index (χ2n) is 4.96. The van der Waals surface area contributed by atoms with Gasteiger partial charge in [-0.1, -0.05) is 37.6 Å². The minimum atomic E-state index is -0.887. The zero-order valence-corrected chi connectivity index (χ0v) is 12.1. The summed E-state index contributed by atoms with van der Waals surface area (Å²) in [6.45, 7) is 6.11. The Bertz CT molecular complexity index is 525. The fraction of sp³-hybridized carbons (Fsp3) is 0.375. The summed E-state index contributed by atoms with van der Waals surface area (Å²) in [4.78, 5) is 1.04. The normalized spacial score (nSPS) is 14.4. The number of rotatable bonds is 4. The minimum Gasteiger partial charge on any atom is -0.380 e. The molecule has 0 spiro atoms. The Morgan fingerprint density at radius 1 is 1.28 bits per heavy atom. The van der Waals surface area contributed by atoms with Crippen molar-refractivity contribution in [3.63, 3.8) is 0 Å². The van der Waals surface area contributed by atoms with Gasteiger partial charge in [0.1, 0.15) is 5.60 Å². The van der Waals surface area contributed by atoms with Gasteiger partial charge in [-0.2, -0.15) is 0 Å². The summed E-state index contributed by atoms with van der Waals surface area (Å²) in [6, 6.07) is 10.4. The number of benzene rings is 1. The smallest absolute Gasteiger partial charge is 0.121 e. The Balaban J connectivity index is 2.41. The van der Waals surface area contributed by atoms with Crippen LogP contribution in [0.2, 0.25) is 0 Å². The third-order valence-electron chi connectivity index (χ3n) is 3.33. The maximum atomic E-state index is 10.8. The lowest BCUT2D eigenvalue weighted by molar-refractivity contribution is 0.105. The van der Waals surface area contributed by atoms with Gasteiger partial charge in [-0.25, -0.2) is 0 Å². The van der Waals surface area contributed by atoms with Crippen LogP contribution in [0.1, 0.15) is 41.8 Å². The van der Waals surface area contributed by atoms with Crippen molar-refractivity contribution in [3.8, 4) is 0 Å². The first-order valence-corrected chi connectivity index (χ1v) is 7.30. The van der Waals surface area contributed by atoms with Gasteiger partial charge in [0.2, 0.25) is 0 Å². The third kappa shape index (κ3) is 2.50. The SMILES string of the molecule is CCCc1cccc(C(C)(O)c2sccc2C)c1. The first kappa shape index (κ1) is 13.3. The van der Waals surface area contributed by atoms with E-state index in [0.717, 1.165) is 28.8 Å². The highest BCUT2D eigenvalue weighted by atomic mass is 32.1. The Morgan fingerprint density at radius 2 is 2.06 bits per heavy atom. The van der Waals surface area contributed by atoms with E-state index in [4.69, 9.17) is 0 Å². The molecular weight excluding hydrogens is 240 g/mol. The van der Waals surface area contributed by atoms with E-state index in [9.17, 15) is 5.11 Å². The van der Waals surface area contributed by atoms with Crippen molar-refractivity contribution >= 4 is 11.3 Å². The predicted octanol–water partition coefficient (Wildman–Crippen LogP) is 4.26. The molecule has 1 N–H and O–H groups in total. The van der Waals surface area contributed by atoms with E-state index in [1.165, 1.54) is 5.56 Å². The first-order chi connectivity index (χ1) is 8.55. The number of hydrogen-bond acceptors (Lipinski definition) is 2. The Hall–Kier alpha value is -1.12. The molecule has 18 heavy (non-hydrogen) atoms. The molecule has 0 bridgehead atoms. The van der Waals surface area contributed by atoms with Gasteiger partial charge in [0, 0.05) is 4.88 Å². The highest BCUT2D eigenvalue weighted by molar-refractivity contribution is 7.10. The lowest BCUT2D eigenvalue weighted by Crippen LogP contribution is -2.22. The second kappa shape index (κ2) is 5.25. The fourth-order valence-electron chi connectivity index (χ4n) is 2.32. The van der Waals surface area contributed by atoms with Crippen LogP contribution in [0.15, 0.2) is 35.7 Å². The fourth-order valence-corrected chi connectivity index (χ4v) is 3.33. The van der Waals surface area contributed by atoms with E-state index in [1.54, 1.807) is 11.3 Å². The van der Waals surface area contributed by atoms with Gasteiger partial charge in [-0.05, 0) is 48.4 Å². The number of hydrogen-bond donors (Lipinski definition) is 1. The van der Waals surface area contributed by atoms with Crippen LogP contribution in [0.5, 0.6) is 0 Å². The summed E-state index contributed by atoms with van der Waals surface area (Å²) in [5.41, 5.74) is 2.55. The van der Waals surface area contributed by atoms with Crippen molar-refractivity contribution in [2.24, 2.45) is 0 Å². The molecule has 0 fully saturated rings. The summed E-state index contributed by atoms with van der Waals surface area (Å²) in [5, 5.41) is 12.9. The minimum absolute atomic E-state index is 0.887. The Kier molecular flexibility index (Phi) is 3.88. The van der Waals surface area contributed by atoms with E-state index >= 15 is 0 Å². The molecular formula is C16H20OS. The number of thiophene rings is 1. The van der Waals surface area contributed by atoms with Crippen molar-refractivity contribution in [2.45, 2.75) is 39.2 Å². The standard InChI is InChI=1S/C16H20OS/c1-4-6-13-7-5-8-14(11-13)16(3,17)15-12(2)9-10-18-15/h5,7-11,17H,4,6H2,1-3H3. The summed E-state index contributed by atoms with van der Waals surface area (Å²) >= 11 is 1.62. The van der Waals surface area contributed by atoms with Crippen molar-refractivity contribution < 1.29 is 5.11 Å².